The predicted molar refractivity (Wildman–Crippen MR) is 107 cm³/mol. The molecule has 0 aliphatic carbocycles. The minimum Gasteiger partial charge on any atom is -0.465 e. The van der Waals surface area contributed by atoms with E-state index in [0.29, 0.717) is 23.6 Å². The number of hydrogen-bond acceptors (Lipinski definition) is 4. The van der Waals surface area contributed by atoms with Gasteiger partial charge in [-0.2, -0.15) is 0 Å². The summed E-state index contributed by atoms with van der Waals surface area (Å²) in [6, 6.07) is 10.6. The second-order valence-corrected chi connectivity index (χ2v) is 5.93. The molecule has 0 bridgehead atoms. The Hall–Kier alpha value is -2.93. The van der Waals surface area contributed by atoms with Crippen molar-refractivity contribution in [2.24, 2.45) is 0 Å². The average molecular weight is 371 g/mol. The highest BCUT2D eigenvalue weighted by Gasteiger charge is 2.05. The molecular formula is C19H21N3O3S. The molecule has 0 spiro atoms. The van der Waals surface area contributed by atoms with Crippen molar-refractivity contribution < 1.29 is 14.0 Å². The van der Waals surface area contributed by atoms with Gasteiger partial charge < -0.3 is 15.1 Å². The topological polar surface area (TPSA) is 83.4 Å². The summed E-state index contributed by atoms with van der Waals surface area (Å²) in [7, 11) is 0. The summed E-state index contributed by atoms with van der Waals surface area (Å²) in [4.78, 5) is 23.6. The first-order chi connectivity index (χ1) is 12.6. The van der Waals surface area contributed by atoms with Gasteiger partial charge in [-0.25, -0.2) is 0 Å². The van der Waals surface area contributed by atoms with E-state index in [0.717, 1.165) is 12.8 Å². The van der Waals surface area contributed by atoms with E-state index in [2.05, 4.69) is 16.0 Å². The molecule has 3 N–H and O–H groups in total. The van der Waals surface area contributed by atoms with Crippen LogP contribution in [0.25, 0.3) is 6.08 Å². The van der Waals surface area contributed by atoms with Crippen molar-refractivity contribution in [3.8, 4) is 0 Å². The molecule has 1 aromatic carbocycles. The van der Waals surface area contributed by atoms with Gasteiger partial charge in [0.05, 0.1) is 6.26 Å². The third-order valence-corrected chi connectivity index (χ3v) is 3.54. The van der Waals surface area contributed by atoms with Crippen molar-refractivity contribution >= 4 is 46.6 Å². The van der Waals surface area contributed by atoms with Gasteiger partial charge in [-0.05, 0) is 55.0 Å². The van der Waals surface area contributed by atoms with Crippen molar-refractivity contribution in [3.63, 3.8) is 0 Å². The number of furan rings is 1. The molecule has 0 atom stereocenters. The Morgan fingerprint density at radius 2 is 1.92 bits per heavy atom. The van der Waals surface area contributed by atoms with Gasteiger partial charge in [0.2, 0.25) is 11.8 Å². The molecular weight excluding hydrogens is 350 g/mol. The summed E-state index contributed by atoms with van der Waals surface area (Å²) in [6.45, 7) is 2.04. The van der Waals surface area contributed by atoms with E-state index >= 15 is 0 Å². The lowest BCUT2D eigenvalue weighted by Crippen LogP contribution is -2.32. The van der Waals surface area contributed by atoms with Crippen LogP contribution in [-0.4, -0.2) is 16.9 Å². The average Bonchev–Trinajstić information content (AvgIpc) is 3.12. The highest BCUT2D eigenvalue weighted by atomic mass is 32.1. The third kappa shape index (κ3) is 6.90. The molecule has 2 aromatic rings. The van der Waals surface area contributed by atoms with E-state index in [1.165, 1.54) is 12.3 Å². The Balaban J connectivity index is 1.85. The van der Waals surface area contributed by atoms with Gasteiger partial charge in [0.15, 0.2) is 5.11 Å². The molecule has 2 rings (SSSR count). The largest absolute Gasteiger partial charge is 0.465 e. The molecule has 0 aliphatic heterocycles. The van der Waals surface area contributed by atoms with Gasteiger partial charge in [0.1, 0.15) is 5.76 Å². The first-order valence-corrected chi connectivity index (χ1v) is 8.71. The molecule has 1 aromatic heterocycles. The Morgan fingerprint density at radius 1 is 1.15 bits per heavy atom. The maximum atomic E-state index is 11.8. The van der Waals surface area contributed by atoms with Crippen LogP contribution in [0.2, 0.25) is 0 Å². The quantitative estimate of drug-likeness (QED) is 0.507. The van der Waals surface area contributed by atoms with Crippen LogP contribution in [0.3, 0.4) is 0 Å². The lowest BCUT2D eigenvalue weighted by molar-refractivity contribution is -0.116. The van der Waals surface area contributed by atoms with Crippen LogP contribution in [-0.2, 0) is 9.59 Å². The third-order valence-electron chi connectivity index (χ3n) is 3.34. The number of carbonyl (C=O) groups excluding carboxylic acids is 2. The van der Waals surface area contributed by atoms with E-state index < -0.39 is 0 Å². The zero-order chi connectivity index (χ0) is 18.8. The Labute approximate surface area is 157 Å². The van der Waals surface area contributed by atoms with Gasteiger partial charge in [-0.3, -0.25) is 14.9 Å². The monoisotopic (exact) mass is 371 g/mol. The molecule has 0 saturated heterocycles. The Bertz CT molecular complexity index is 785. The van der Waals surface area contributed by atoms with E-state index in [4.69, 9.17) is 16.6 Å². The number of anilines is 2. The zero-order valence-corrected chi connectivity index (χ0v) is 15.3. The number of nitrogens with one attached hydrogen (secondary N) is 3. The number of hydrogen-bond donors (Lipinski definition) is 3. The fraction of sp³-hybridized carbons (Fsp3) is 0.211. The smallest absolute Gasteiger partial charge is 0.250 e. The fourth-order valence-corrected chi connectivity index (χ4v) is 2.31. The van der Waals surface area contributed by atoms with Gasteiger partial charge in [-0.15, -0.1) is 0 Å². The van der Waals surface area contributed by atoms with Gasteiger partial charge in [0.25, 0.3) is 0 Å². The molecule has 0 saturated carbocycles. The molecule has 7 heteroatoms. The first-order valence-electron chi connectivity index (χ1n) is 8.30. The van der Waals surface area contributed by atoms with Crippen molar-refractivity contribution in [1.82, 2.24) is 5.32 Å². The SMILES string of the molecule is CCCCC(=O)Nc1cccc(NC(=S)NC(=O)/C=C/c2ccco2)c1. The van der Waals surface area contributed by atoms with Crippen molar-refractivity contribution in [2.45, 2.75) is 26.2 Å². The van der Waals surface area contributed by atoms with E-state index in [1.807, 2.05) is 6.92 Å². The van der Waals surface area contributed by atoms with Crippen LogP contribution < -0.4 is 16.0 Å². The minimum absolute atomic E-state index is 0.0251. The maximum Gasteiger partial charge on any atom is 0.250 e. The molecule has 136 valence electrons. The van der Waals surface area contributed by atoms with Crippen LogP contribution in [0.1, 0.15) is 31.9 Å². The normalized spacial score (nSPS) is 10.5. The van der Waals surface area contributed by atoms with Crippen LogP contribution in [0, 0.1) is 0 Å². The molecule has 0 radical (unpaired) electrons. The number of thiocarbonyl (C=S) groups is 1. The zero-order valence-electron chi connectivity index (χ0n) is 14.5. The summed E-state index contributed by atoms with van der Waals surface area (Å²) in [5, 5.41) is 8.45. The van der Waals surface area contributed by atoms with Gasteiger partial charge >= 0.3 is 0 Å². The number of carbonyl (C=O) groups is 2. The fourth-order valence-electron chi connectivity index (χ4n) is 2.10. The Morgan fingerprint density at radius 3 is 2.62 bits per heavy atom. The number of benzene rings is 1. The van der Waals surface area contributed by atoms with Crippen molar-refractivity contribution in [1.29, 1.82) is 0 Å². The molecule has 0 fully saturated rings. The summed E-state index contributed by atoms with van der Waals surface area (Å²) in [5.41, 5.74) is 1.33. The van der Waals surface area contributed by atoms with Crippen molar-refractivity contribution in [3.05, 3.63) is 54.5 Å². The lowest BCUT2D eigenvalue weighted by atomic mass is 10.2. The summed E-state index contributed by atoms with van der Waals surface area (Å²) < 4.78 is 5.10. The lowest BCUT2D eigenvalue weighted by Gasteiger charge is -2.10. The predicted octanol–water partition coefficient (Wildman–Crippen LogP) is 3.93. The molecule has 6 nitrogen and oxygen atoms in total. The minimum atomic E-state index is -0.372. The molecule has 2 amide bonds. The van der Waals surface area contributed by atoms with Crippen LogP contribution in [0.4, 0.5) is 11.4 Å². The first kappa shape index (κ1) is 19.4. The standard InChI is InChI=1S/C19H21N3O3S/c1-2-3-9-17(23)20-14-6-4-7-15(13-14)21-19(26)22-18(24)11-10-16-8-5-12-25-16/h4-8,10-13H,2-3,9H2,1H3,(H,20,23)(H2,21,22,24,26)/b11-10+. The highest BCUT2D eigenvalue weighted by Crippen LogP contribution is 2.15. The Kier molecular flexibility index (Phi) is 7.57. The van der Waals surface area contributed by atoms with Crippen LogP contribution in [0.5, 0.6) is 0 Å². The van der Waals surface area contributed by atoms with E-state index in [-0.39, 0.29) is 16.9 Å². The summed E-state index contributed by atoms with van der Waals surface area (Å²) in [6.07, 6.45) is 6.72. The second-order valence-electron chi connectivity index (χ2n) is 5.52. The second kappa shape index (κ2) is 10.1. The number of amides is 2. The van der Waals surface area contributed by atoms with Gasteiger partial charge in [-0.1, -0.05) is 19.4 Å². The summed E-state index contributed by atoms with van der Waals surface area (Å²) in [5.74, 6) is 0.177. The molecule has 26 heavy (non-hydrogen) atoms. The highest BCUT2D eigenvalue weighted by molar-refractivity contribution is 7.80. The molecule has 1 heterocycles. The molecule has 0 unspecified atom stereocenters. The molecule has 0 aliphatic rings. The van der Waals surface area contributed by atoms with Crippen molar-refractivity contribution in [2.75, 3.05) is 10.6 Å². The van der Waals surface area contributed by atoms with Crippen LogP contribution in [0.15, 0.2) is 53.2 Å². The van der Waals surface area contributed by atoms with E-state index in [9.17, 15) is 9.59 Å². The van der Waals surface area contributed by atoms with E-state index in [1.54, 1.807) is 42.5 Å². The van der Waals surface area contributed by atoms with Gasteiger partial charge in [0, 0.05) is 23.9 Å². The van der Waals surface area contributed by atoms with Crippen LogP contribution >= 0.6 is 12.2 Å². The number of rotatable bonds is 7. The number of unbranched alkanes of at least 4 members (excludes halogenated alkanes) is 1. The summed E-state index contributed by atoms with van der Waals surface area (Å²) >= 11 is 5.13. The maximum absolute atomic E-state index is 11.8.